The first-order chi connectivity index (χ1) is 18.1. The standard InChI is InChI=1S/C27H27F2N5O3S/c1-38(36,37)34-14-12-33(13-15-34)26(35)23-17-31-24-7-6-21(29)16-22(24)25(23)32-10-8-27(18-30,9-11-32)19-2-4-20(28)5-3-19/h2-7,16-17H,8-15H2,1H3. The second-order valence-corrected chi connectivity index (χ2v) is 11.8. The average molecular weight is 540 g/mol. The molecule has 11 heteroatoms. The normalized spacial score (nSPS) is 18.4. The molecule has 1 amide bonds. The van der Waals surface area contributed by atoms with Crippen LogP contribution in [0.4, 0.5) is 14.5 Å². The Bertz CT molecular complexity index is 1520. The quantitative estimate of drug-likeness (QED) is 0.505. The molecule has 0 saturated carbocycles. The molecule has 0 spiro atoms. The zero-order valence-electron chi connectivity index (χ0n) is 20.9. The van der Waals surface area contributed by atoms with Crippen LogP contribution in [-0.4, -0.2) is 74.0 Å². The summed E-state index contributed by atoms with van der Waals surface area (Å²) in [6.07, 6.45) is 3.52. The predicted molar refractivity (Wildman–Crippen MR) is 139 cm³/mol. The van der Waals surface area contributed by atoms with E-state index in [1.807, 2.05) is 4.90 Å². The highest BCUT2D eigenvalue weighted by atomic mass is 32.2. The van der Waals surface area contributed by atoms with Crippen LogP contribution in [0.1, 0.15) is 28.8 Å². The molecule has 2 aliphatic heterocycles. The lowest BCUT2D eigenvalue weighted by Crippen LogP contribution is -2.50. The lowest BCUT2D eigenvalue weighted by Gasteiger charge is -2.40. The number of hydrogen-bond donors (Lipinski definition) is 0. The summed E-state index contributed by atoms with van der Waals surface area (Å²) < 4.78 is 53.0. The first-order valence-corrected chi connectivity index (χ1v) is 14.2. The van der Waals surface area contributed by atoms with E-state index in [-0.39, 0.29) is 37.9 Å². The van der Waals surface area contributed by atoms with Gasteiger partial charge in [-0.25, -0.2) is 17.2 Å². The van der Waals surface area contributed by atoms with Crippen LogP contribution < -0.4 is 4.90 Å². The van der Waals surface area contributed by atoms with Crippen molar-refractivity contribution in [1.82, 2.24) is 14.2 Å². The summed E-state index contributed by atoms with van der Waals surface area (Å²) in [6, 6.07) is 12.6. The molecule has 5 rings (SSSR count). The van der Waals surface area contributed by atoms with Crippen molar-refractivity contribution in [3.05, 3.63) is 71.4 Å². The Hall–Kier alpha value is -3.62. The number of pyridine rings is 1. The fourth-order valence-electron chi connectivity index (χ4n) is 5.39. The van der Waals surface area contributed by atoms with Gasteiger partial charge < -0.3 is 9.80 Å². The fraction of sp³-hybridized carbons (Fsp3) is 0.370. The van der Waals surface area contributed by atoms with Crippen molar-refractivity contribution in [2.24, 2.45) is 0 Å². The minimum absolute atomic E-state index is 0.196. The first kappa shape index (κ1) is 26.0. The van der Waals surface area contributed by atoms with Gasteiger partial charge in [-0.05, 0) is 48.7 Å². The van der Waals surface area contributed by atoms with Crippen molar-refractivity contribution in [2.75, 3.05) is 50.4 Å². The molecule has 0 aliphatic carbocycles. The maximum Gasteiger partial charge on any atom is 0.257 e. The van der Waals surface area contributed by atoms with E-state index in [4.69, 9.17) is 0 Å². The molecule has 2 aromatic carbocycles. The Labute approximate surface area is 220 Å². The summed E-state index contributed by atoms with van der Waals surface area (Å²) in [7, 11) is -3.35. The molecule has 3 heterocycles. The number of nitriles is 1. The van der Waals surface area contributed by atoms with Gasteiger partial charge in [0.1, 0.15) is 11.6 Å². The largest absolute Gasteiger partial charge is 0.370 e. The molecule has 2 saturated heterocycles. The van der Waals surface area contributed by atoms with Gasteiger partial charge in [-0.1, -0.05) is 12.1 Å². The van der Waals surface area contributed by atoms with E-state index < -0.39 is 21.3 Å². The van der Waals surface area contributed by atoms with E-state index >= 15 is 0 Å². The van der Waals surface area contributed by atoms with Gasteiger partial charge in [0, 0.05) is 50.9 Å². The molecule has 0 N–H and O–H groups in total. The molecule has 0 atom stereocenters. The summed E-state index contributed by atoms with van der Waals surface area (Å²) >= 11 is 0. The number of carbonyl (C=O) groups excluding carboxylic acids is 1. The minimum atomic E-state index is -3.35. The summed E-state index contributed by atoms with van der Waals surface area (Å²) in [5.74, 6) is -1.13. The Morgan fingerprint density at radius 1 is 0.974 bits per heavy atom. The van der Waals surface area contributed by atoms with Crippen molar-refractivity contribution in [1.29, 1.82) is 5.26 Å². The van der Waals surface area contributed by atoms with E-state index in [0.29, 0.717) is 48.1 Å². The number of fused-ring (bicyclic) bond motifs is 1. The highest BCUT2D eigenvalue weighted by molar-refractivity contribution is 7.88. The van der Waals surface area contributed by atoms with Crippen molar-refractivity contribution in [2.45, 2.75) is 18.3 Å². The second kappa shape index (κ2) is 9.93. The number of halogens is 2. The molecule has 8 nitrogen and oxygen atoms in total. The number of nitrogens with zero attached hydrogens (tertiary/aromatic N) is 5. The number of piperidine rings is 1. The first-order valence-electron chi connectivity index (χ1n) is 12.4. The zero-order chi connectivity index (χ0) is 27.1. The third kappa shape index (κ3) is 4.81. The van der Waals surface area contributed by atoms with Crippen molar-refractivity contribution in [3.8, 4) is 6.07 Å². The van der Waals surface area contributed by atoms with Crippen LogP contribution in [0, 0.1) is 23.0 Å². The Balaban J connectivity index is 1.48. The van der Waals surface area contributed by atoms with Gasteiger partial charge in [0.15, 0.2) is 0 Å². The Kier molecular flexibility index (Phi) is 6.79. The monoisotopic (exact) mass is 539 g/mol. The number of hydrogen-bond acceptors (Lipinski definition) is 6. The molecular formula is C27H27F2N5O3S. The van der Waals surface area contributed by atoms with Gasteiger partial charge in [0.25, 0.3) is 5.91 Å². The molecule has 2 aliphatic rings. The lowest BCUT2D eigenvalue weighted by atomic mass is 9.74. The maximum absolute atomic E-state index is 14.4. The van der Waals surface area contributed by atoms with Crippen molar-refractivity contribution >= 4 is 32.5 Å². The number of piperazine rings is 1. The number of aromatic nitrogens is 1. The van der Waals surface area contributed by atoms with Gasteiger partial charge >= 0.3 is 0 Å². The smallest absolute Gasteiger partial charge is 0.257 e. The molecule has 0 unspecified atom stereocenters. The van der Waals surface area contributed by atoms with Crippen LogP contribution in [0.15, 0.2) is 48.7 Å². The third-order valence-electron chi connectivity index (χ3n) is 7.57. The van der Waals surface area contributed by atoms with E-state index in [2.05, 4.69) is 11.1 Å². The zero-order valence-corrected chi connectivity index (χ0v) is 21.7. The molecule has 38 heavy (non-hydrogen) atoms. The number of amides is 1. The van der Waals surface area contributed by atoms with Crippen LogP contribution in [0.5, 0.6) is 0 Å². The van der Waals surface area contributed by atoms with E-state index in [1.54, 1.807) is 23.1 Å². The molecular weight excluding hydrogens is 512 g/mol. The molecule has 2 fully saturated rings. The van der Waals surface area contributed by atoms with Crippen LogP contribution in [-0.2, 0) is 15.4 Å². The number of carbonyl (C=O) groups is 1. The van der Waals surface area contributed by atoms with Crippen LogP contribution in [0.2, 0.25) is 0 Å². The van der Waals surface area contributed by atoms with Gasteiger partial charge in [0.05, 0.1) is 34.5 Å². The van der Waals surface area contributed by atoms with Crippen molar-refractivity contribution in [3.63, 3.8) is 0 Å². The van der Waals surface area contributed by atoms with Crippen LogP contribution in [0.3, 0.4) is 0 Å². The van der Waals surface area contributed by atoms with Gasteiger partial charge in [0.2, 0.25) is 10.0 Å². The number of rotatable bonds is 4. The Morgan fingerprint density at radius 2 is 1.61 bits per heavy atom. The molecule has 198 valence electrons. The van der Waals surface area contributed by atoms with Gasteiger partial charge in [-0.2, -0.15) is 9.57 Å². The van der Waals surface area contributed by atoms with Gasteiger partial charge in [-0.15, -0.1) is 0 Å². The average Bonchev–Trinajstić information content (AvgIpc) is 2.92. The maximum atomic E-state index is 14.4. The highest BCUT2D eigenvalue weighted by Crippen LogP contribution is 2.39. The minimum Gasteiger partial charge on any atom is -0.370 e. The topological polar surface area (TPSA) is 97.6 Å². The van der Waals surface area contributed by atoms with E-state index in [1.165, 1.54) is 34.8 Å². The highest BCUT2D eigenvalue weighted by Gasteiger charge is 2.38. The third-order valence-corrected chi connectivity index (χ3v) is 8.87. The van der Waals surface area contributed by atoms with Crippen LogP contribution >= 0.6 is 0 Å². The number of benzene rings is 2. The number of anilines is 1. The Morgan fingerprint density at radius 3 is 2.21 bits per heavy atom. The molecule has 0 radical (unpaired) electrons. The summed E-state index contributed by atoms with van der Waals surface area (Å²) in [6.45, 7) is 1.69. The predicted octanol–water partition coefficient (Wildman–Crippen LogP) is 3.29. The summed E-state index contributed by atoms with van der Waals surface area (Å²) in [4.78, 5) is 21.7. The fourth-order valence-corrected chi connectivity index (χ4v) is 6.21. The lowest BCUT2D eigenvalue weighted by molar-refractivity contribution is 0.0698. The second-order valence-electron chi connectivity index (χ2n) is 9.82. The van der Waals surface area contributed by atoms with Crippen LogP contribution in [0.25, 0.3) is 10.9 Å². The van der Waals surface area contributed by atoms with Crippen molar-refractivity contribution < 1.29 is 22.0 Å². The molecule has 0 bridgehead atoms. The van der Waals surface area contributed by atoms with Gasteiger partial charge in [-0.3, -0.25) is 9.78 Å². The number of sulfonamides is 1. The molecule has 1 aromatic heterocycles. The summed E-state index contributed by atoms with van der Waals surface area (Å²) in [5, 5.41) is 10.6. The molecule has 3 aromatic rings. The SMILES string of the molecule is CS(=O)(=O)N1CCN(C(=O)c2cnc3ccc(F)cc3c2N2CCC(C#N)(c3ccc(F)cc3)CC2)CC1. The summed E-state index contributed by atoms with van der Waals surface area (Å²) in [5.41, 5.74) is 1.34. The van der Waals surface area contributed by atoms with E-state index in [0.717, 1.165) is 11.8 Å². The van der Waals surface area contributed by atoms with E-state index in [9.17, 15) is 27.3 Å².